The molecule has 29 heavy (non-hydrogen) atoms. The molecule has 0 radical (unpaired) electrons. The predicted octanol–water partition coefficient (Wildman–Crippen LogP) is 5.80. The first kappa shape index (κ1) is 19.1. The van der Waals surface area contributed by atoms with Gasteiger partial charge in [-0.1, -0.05) is 38.1 Å². The summed E-state index contributed by atoms with van der Waals surface area (Å²) in [5.41, 5.74) is 1.92. The minimum absolute atomic E-state index is 0.362. The van der Waals surface area contributed by atoms with Crippen LogP contribution in [0.15, 0.2) is 48.5 Å². The second kappa shape index (κ2) is 7.14. The number of aliphatic hydroxyl groups is 1. The maximum atomic E-state index is 10.4. The molecule has 3 aliphatic rings. The van der Waals surface area contributed by atoms with E-state index in [4.69, 9.17) is 9.47 Å². The van der Waals surface area contributed by atoms with E-state index in [1.54, 1.807) is 0 Å². The number of benzene rings is 2. The Hall–Kier alpha value is -1.84. The summed E-state index contributed by atoms with van der Waals surface area (Å²) in [6.45, 7) is 5.61. The minimum Gasteiger partial charge on any atom is -0.457 e. The molecular formula is C26H32O3. The monoisotopic (exact) mass is 392 g/mol. The van der Waals surface area contributed by atoms with Gasteiger partial charge in [0.25, 0.3) is 0 Å². The summed E-state index contributed by atoms with van der Waals surface area (Å²) in [5.74, 6) is 4.21. The van der Waals surface area contributed by atoms with Crippen molar-refractivity contribution in [2.75, 3.05) is 13.2 Å². The maximum absolute atomic E-state index is 10.4. The van der Waals surface area contributed by atoms with Crippen LogP contribution < -0.4 is 4.74 Å². The van der Waals surface area contributed by atoms with Gasteiger partial charge in [-0.2, -0.15) is 0 Å². The summed E-state index contributed by atoms with van der Waals surface area (Å²) < 4.78 is 11.2. The summed E-state index contributed by atoms with van der Waals surface area (Å²) in [6.07, 6.45) is 6.81. The quantitative estimate of drug-likeness (QED) is 0.714. The van der Waals surface area contributed by atoms with E-state index in [1.165, 1.54) is 37.7 Å². The molecule has 3 nitrogen and oxygen atoms in total. The molecule has 1 N–H and O–H groups in total. The Labute approximate surface area is 174 Å². The van der Waals surface area contributed by atoms with Crippen LogP contribution in [0.2, 0.25) is 0 Å². The predicted molar refractivity (Wildman–Crippen MR) is 114 cm³/mol. The minimum atomic E-state index is -0.828. The van der Waals surface area contributed by atoms with Gasteiger partial charge in [0.1, 0.15) is 17.1 Å². The van der Waals surface area contributed by atoms with Crippen molar-refractivity contribution in [3.63, 3.8) is 0 Å². The van der Waals surface area contributed by atoms with E-state index >= 15 is 0 Å². The standard InChI is InChI=1S/C26H32O3/c1-18-11-20-12-19(2)14-25(13-18,15-20)21-3-7-23(8-4-21)29-24-9-5-22(6-10-24)26(27)16-28-17-26/h3-10,18-20,27H,11-17H2,1-2H3. The molecule has 2 saturated carbocycles. The van der Waals surface area contributed by atoms with Gasteiger partial charge in [-0.05, 0) is 90.7 Å². The maximum Gasteiger partial charge on any atom is 0.136 e. The van der Waals surface area contributed by atoms with Crippen LogP contribution in [-0.4, -0.2) is 18.3 Å². The van der Waals surface area contributed by atoms with Crippen molar-refractivity contribution in [2.24, 2.45) is 17.8 Å². The highest BCUT2D eigenvalue weighted by molar-refractivity contribution is 5.38. The molecule has 1 heterocycles. The van der Waals surface area contributed by atoms with E-state index in [0.29, 0.717) is 18.6 Å². The van der Waals surface area contributed by atoms with Crippen molar-refractivity contribution >= 4 is 0 Å². The van der Waals surface area contributed by atoms with Gasteiger partial charge in [-0.3, -0.25) is 0 Å². The Morgan fingerprint density at radius 3 is 1.79 bits per heavy atom. The SMILES string of the molecule is CC1CC2CC(C)CC(c3ccc(Oc4ccc(C5(O)COC5)cc4)cc3)(C1)C2. The van der Waals surface area contributed by atoms with Crippen molar-refractivity contribution in [2.45, 2.75) is 57.0 Å². The first-order chi connectivity index (χ1) is 13.9. The van der Waals surface area contributed by atoms with Crippen LogP contribution in [0.4, 0.5) is 0 Å². The molecular weight excluding hydrogens is 360 g/mol. The lowest BCUT2D eigenvalue weighted by molar-refractivity contribution is -0.184. The van der Waals surface area contributed by atoms with Gasteiger partial charge in [-0.15, -0.1) is 0 Å². The van der Waals surface area contributed by atoms with Crippen molar-refractivity contribution < 1.29 is 14.6 Å². The summed E-state index contributed by atoms with van der Waals surface area (Å²) in [6, 6.07) is 16.5. The molecule has 3 heteroatoms. The molecule has 2 unspecified atom stereocenters. The molecule has 2 aromatic carbocycles. The molecule has 2 aliphatic carbocycles. The highest BCUT2D eigenvalue weighted by Crippen LogP contribution is 2.54. The largest absolute Gasteiger partial charge is 0.457 e. The number of hydrogen-bond acceptors (Lipinski definition) is 3. The van der Waals surface area contributed by atoms with E-state index < -0.39 is 5.60 Å². The lowest BCUT2D eigenvalue weighted by Gasteiger charge is -2.50. The van der Waals surface area contributed by atoms with E-state index in [2.05, 4.69) is 38.1 Å². The van der Waals surface area contributed by atoms with Crippen LogP contribution in [0.25, 0.3) is 0 Å². The van der Waals surface area contributed by atoms with Crippen LogP contribution in [-0.2, 0) is 15.8 Å². The Kier molecular flexibility index (Phi) is 4.71. The van der Waals surface area contributed by atoms with Crippen LogP contribution in [0, 0.1) is 17.8 Å². The van der Waals surface area contributed by atoms with Gasteiger partial charge in [0.15, 0.2) is 0 Å². The van der Waals surface area contributed by atoms with E-state index in [-0.39, 0.29) is 0 Å². The zero-order chi connectivity index (χ0) is 20.1. The van der Waals surface area contributed by atoms with Crippen LogP contribution in [0.5, 0.6) is 11.5 Å². The van der Waals surface area contributed by atoms with Gasteiger partial charge in [0, 0.05) is 0 Å². The molecule has 2 atom stereocenters. The van der Waals surface area contributed by atoms with Gasteiger partial charge in [0.05, 0.1) is 13.2 Å². The van der Waals surface area contributed by atoms with Crippen molar-refractivity contribution in [1.29, 1.82) is 0 Å². The second-order valence-electron chi connectivity index (χ2n) is 10.1. The summed E-state index contributed by atoms with van der Waals surface area (Å²) >= 11 is 0. The zero-order valence-corrected chi connectivity index (χ0v) is 17.6. The van der Waals surface area contributed by atoms with Crippen molar-refractivity contribution in [3.05, 3.63) is 59.7 Å². The Balaban J connectivity index is 1.31. The molecule has 5 rings (SSSR count). The van der Waals surface area contributed by atoms with Crippen LogP contribution in [0.1, 0.15) is 57.1 Å². The molecule has 0 aromatic heterocycles. The first-order valence-corrected chi connectivity index (χ1v) is 11.1. The fourth-order valence-electron chi connectivity index (χ4n) is 6.37. The molecule has 0 spiro atoms. The highest BCUT2D eigenvalue weighted by atomic mass is 16.5. The number of hydrogen-bond donors (Lipinski definition) is 1. The molecule has 3 fully saturated rings. The molecule has 1 aliphatic heterocycles. The van der Waals surface area contributed by atoms with E-state index in [9.17, 15) is 5.11 Å². The third-order valence-electron chi connectivity index (χ3n) is 7.40. The van der Waals surface area contributed by atoms with Crippen molar-refractivity contribution in [3.8, 4) is 11.5 Å². The third kappa shape index (κ3) is 3.60. The zero-order valence-electron chi connectivity index (χ0n) is 17.6. The molecule has 0 amide bonds. The normalized spacial score (nSPS) is 33.0. The van der Waals surface area contributed by atoms with Crippen LogP contribution in [0.3, 0.4) is 0 Å². The highest BCUT2D eigenvalue weighted by Gasteiger charge is 2.45. The lowest BCUT2D eigenvalue weighted by Crippen LogP contribution is -2.46. The fraction of sp³-hybridized carbons (Fsp3) is 0.538. The first-order valence-electron chi connectivity index (χ1n) is 11.1. The fourth-order valence-corrected chi connectivity index (χ4v) is 6.37. The Bertz CT molecular complexity index is 831. The van der Waals surface area contributed by atoms with Crippen molar-refractivity contribution in [1.82, 2.24) is 0 Å². The van der Waals surface area contributed by atoms with Gasteiger partial charge in [-0.25, -0.2) is 0 Å². The summed E-state index contributed by atoms with van der Waals surface area (Å²) in [5, 5.41) is 10.4. The lowest BCUT2D eigenvalue weighted by atomic mass is 9.54. The van der Waals surface area contributed by atoms with E-state index in [0.717, 1.165) is 34.8 Å². The molecule has 2 bridgehead atoms. The number of rotatable bonds is 4. The van der Waals surface area contributed by atoms with Gasteiger partial charge < -0.3 is 14.6 Å². The number of fused-ring (bicyclic) bond motifs is 2. The number of ether oxygens (including phenoxy) is 2. The smallest absolute Gasteiger partial charge is 0.136 e. The summed E-state index contributed by atoms with van der Waals surface area (Å²) in [7, 11) is 0. The molecule has 2 aromatic rings. The van der Waals surface area contributed by atoms with Crippen LogP contribution >= 0.6 is 0 Å². The average molecular weight is 393 g/mol. The molecule has 1 saturated heterocycles. The summed E-state index contributed by atoms with van der Waals surface area (Å²) in [4.78, 5) is 0. The average Bonchev–Trinajstić information content (AvgIpc) is 2.66. The van der Waals surface area contributed by atoms with Gasteiger partial charge >= 0.3 is 0 Å². The van der Waals surface area contributed by atoms with E-state index in [1.807, 2.05) is 24.3 Å². The topological polar surface area (TPSA) is 38.7 Å². The van der Waals surface area contributed by atoms with Gasteiger partial charge in [0.2, 0.25) is 0 Å². The Morgan fingerprint density at radius 2 is 1.31 bits per heavy atom. The Morgan fingerprint density at radius 1 is 0.793 bits per heavy atom. The second-order valence-corrected chi connectivity index (χ2v) is 10.1. The molecule has 154 valence electrons. The third-order valence-corrected chi connectivity index (χ3v) is 7.40.